The Balaban J connectivity index is 2.12. The van der Waals surface area contributed by atoms with Gasteiger partial charge in [0.15, 0.2) is 0 Å². The molecule has 0 radical (unpaired) electrons. The summed E-state index contributed by atoms with van der Waals surface area (Å²) in [6, 6.07) is 3.71. The number of carbonyl (C=O) groups is 2. The van der Waals surface area contributed by atoms with E-state index < -0.39 is 0 Å². The Bertz CT molecular complexity index is 560. The topological polar surface area (TPSA) is 71.5 Å². The van der Waals surface area contributed by atoms with Crippen LogP contribution in [0, 0.1) is 5.92 Å². The van der Waals surface area contributed by atoms with Crippen LogP contribution in [0.1, 0.15) is 44.0 Å². The third-order valence-electron chi connectivity index (χ3n) is 3.79. The minimum absolute atomic E-state index is 0.0877. The summed E-state index contributed by atoms with van der Waals surface area (Å²) >= 11 is 0. The summed E-state index contributed by atoms with van der Waals surface area (Å²) in [6.45, 7) is 7.23. The molecule has 1 saturated heterocycles. The molecule has 126 valence electrons. The zero-order chi connectivity index (χ0) is 16.8. The third kappa shape index (κ3) is 4.43. The molecule has 2 heterocycles. The molecular formula is C17H25N3O3. The van der Waals surface area contributed by atoms with Crippen molar-refractivity contribution in [2.75, 3.05) is 25.0 Å². The minimum atomic E-state index is -0.231. The lowest BCUT2D eigenvalue weighted by atomic mass is 9.97. The molecule has 0 aliphatic carbocycles. The van der Waals surface area contributed by atoms with E-state index >= 15 is 0 Å². The normalized spacial score (nSPS) is 17.9. The molecule has 1 amide bonds. The number of hydrogen-bond acceptors (Lipinski definition) is 5. The number of piperidine rings is 1. The molecule has 0 aromatic carbocycles. The van der Waals surface area contributed by atoms with E-state index in [1.165, 1.54) is 0 Å². The summed E-state index contributed by atoms with van der Waals surface area (Å²) in [4.78, 5) is 30.8. The van der Waals surface area contributed by atoms with Crippen LogP contribution in [0.5, 0.6) is 0 Å². The van der Waals surface area contributed by atoms with Crippen molar-refractivity contribution in [3.63, 3.8) is 0 Å². The second-order valence-electron chi connectivity index (χ2n) is 6.04. The van der Waals surface area contributed by atoms with Crippen LogP contribution in [0.25, 0.3) is 0 Å². The average Bonchev–Trinajstić information content (AvgIpc) is 2.54. The smallest absolute Gasteiger partial charge is 0.310 e. The number of ether oxygens (including phenoxy) is 1. The van der Waals surface area contributed by atoms with E-state index in [-0.39, 0.29) is 23.8 Å². The maximum atomic E-state index is 12.8. The van der Waals surface area contributed by atoms with Gasteiger partial charge in [0.25, 0.3) is 5.91 Å². The molecule has 23 heavy (non-hydrogen) atoms. The van der Waals surface area contributed by atoms with Crippen molar-refractivity contribution in [1.82, 2.24) is 9.88 Å². The third-order valence-corrected chi connectivity index (χ3v) is 3.79. The second-order valence-corrected chi connectivity index (χ2v) is 6.04. The zero-order valence-electron chi connectivity index (χ0n) is 14.0. The SMILES string of the molecule is CCOC(=O)C1CCCN(C(=O)c2cccnc2NC(C)C)C1. The standard InChI is InChI=1S/C17H25N3O3/c1-4-23-17(22)13-7-6-10-20(11-13)16(21)14-8-5-9-18-15(14)19-12(2)3/h5,8-9,12-13H,4,6-7,10-11H2,1-3H3,(H,18,19). The fourth-order valence-corrected chi connectivity index (χ4v) is 2.75. The van der Waals surface area contributed by atoms with Crippen molar-refractivity contribution in [3.8, 4) is 0 Å². The van der Waals surface area contributed by atoms with Gasteiger partial charge >= 0.3 is 5.97 Å². The first kappa shape index (κ1) is 17.2. The fraction of sp³-hybridized carbons (Fsp3) is 0.588. The van der Waals surface area contributed by atoms with Crippen molar-refractivity contribution in [3.05, 3.63) is 23.9 Å². The van der Waals surface area contributed by atoms with Gasteiger partial charge < -0.3 is 15.0 Å². The molecule has 6 heteroatoms. The van der Waals surface area contributed by atoms with E-state index in [4.69, 9.17) is 4.74 Å². The van der Waals surface area contributed by atoms with Crippen LogP contribution in [0.4, 0.5) is 5.82 Å². The summed E-state index contributed by atoms with van der Waals surface area (Å²) in [5.41, 5.74) is 0.547. The number of rotatable bonds is 5. The number of aromatic nitrogens is 1. The minimum Gasteiger partial charge on any atom is -0.466 e. The number of amides is 1. The molecule has 2 rings (SSSR count). The molecule has 0 saturated carbocycles. The lowest BCUT2D eigenvalue weighted by Gasteiger charge is -2.32. The van der Waals surface area contributed by atoms with Gasteiger partial charge in [-0.25, -0.2) is 4.98 Å². The van der Waals surface area contributed by atoms with Crippen LogP contribution in [0.3, 0.4) is 0 Å². The Morgan fingerprint density at radius 2 is 2.26 bits per heavy atom. The van der Waals surface area contributed by atoms with Crippen LogP contribution in [-0.4, -0.2) is 47.5 Å². The van der Waals surface area contributed by atoms with Gasteiger partial charge in [-0.3, -0.25) is 9.59 Å². The van der Waals surface area contributed by atoms with Crippen molar-refractivity contribution in [2.24, 2.45) is 5.92 Å². The van der Waals surface area contributed by atoms with Crippen LogP contribution >= 0.6 is 0 Å². The maximum Gasteiger partial charge on any atom is 0.310 e. The monoisotopic (exact) mass is 319 g/mol. The number of carbonyl (C=O) groups excluding carboxylic acids is 2. The summed E-state index contributed by atoms with van der Waals surface area (Å²) in [7, 11) is 0. The van der Waals surface area contributed by atoms with Gasteiger partial charge in [-0.2, -0.15) is 0 Å². The molecule has 1 aliphatic rings. The molecule has 0 spiro atoms. The van der Waals surface area contributed by atoms with E-state index in [1.807, 2.05) is 13.8 Å². The number of hydrogen-bond donors (Lipinski definition) is 1. The summed E-state index contributed by atoms with van der Waals surface area (Å²) in [5, 5.41) is 3.20. The highest BCUT2D eigenvalue weighted by molar-refractivity contribution is 5.99. The van der Waals surface area contributed by atoms with Crippen LogP contribution < -0.4 is 5.32 Å². The van der Waals surface area contributed by atoms with E-state index in [0.29, 0.717) is 31.1 Å². The van der Waals surface area contributed by atoms with Gasteiger partial charge in [0.1, 0.15) is 5.82 Å². The largest absolute Gasteiger partial charge is 0.466 e. The first-order chi connectivity index (χ1) is 11.0. The maximum absolute atomic E-state index is 12.8. The summed E-state index contributed by atoms with van der Waals surface area (Å²) in [6.07, 6.45) is 3.24. The Morgan fingerprint density at radius 1 is 1.48 bits per heavy atom. The van der Waals surface area contributed by atoms with Crippen molar-refractivity contribution in [1.29, 1.82) is 0 Å². The number of likely N-dealkylation sites (tertiary alicyclic amines) is 1. The quantitative estimate of drug-likeness (QED) is 0.843. The predicted molar refractivity (Wildman–Crippen MR) is 88.3 cm³/mol. The van der Waals surface area contributed by atoms with Crippen molar-refractivity contribution >= 4 is 17.7 Å². The van der Waals surface area contributed by atoms with Crippen LogP contribution in [0.2, 0.25) is 0 Å². The van der Waals surface area contributed by atoms with E-state index in [0.717, 1.165) is 12.8 Å². The van der Waals surface area contributed by atoms with Crippen LogP contribution in [0.15, 0.2) is 18.3 Å². The van der Waals surface area contributed by atoms with Crippen molar-refractivity contribution in [2.45, 2.75) is 39.7 Å². The van der Waals surface area contributed by atoms with Gasteiger partial charge in [-0.1, -0.05) is 0 Å². The Hall–Kier alpha value is -2.11. The highest BCUT2D eigenvalue weighted by Gasteiger charge is 2.30. The van der Waals surface area contributed by atoms with Gasteiger partial charge in [0.2, 0.25) is 0 Å². The highest BCUT2D eigenvalue weighted by atomic mass is 16.5. The van der Waals surface area contributed by atoms with Crippen molar-refractivity contribution < 1.29 is 14.3 Å². The second kappa shape index (κ2) is 7.94. The van der Waals surface area contributed by atoms with Gasteiger partial charge in [-0.15, -0.1) is 0 Å². The highest BCUT2D eigenvalue weighted by Crippen LogP contribution is 2.22. The molecule has 1 aromatic heterocycles. The first-order valence-corrected chi connectivity index (χ1v) is 8.20. The number of nitrogens with zero attached hydrogens (tertiary/aromatic N) is 2. The zero-order valence-corrected chi connectivity index (χ0v) is 14.0. The lowest BCUT2D eigenvalue weighted by Crippen LogP contribution is -2.43. The van der Waals surface area contributed by atoms with E-state index in [2.05, 4.69) is 10.3 Å². The number of anilines is 1. The molecule has 1 atom stereocenters. The molecule has 1 aromatic rings. The number of esters is 1. The molecule has 1 unspecified atom stereocenters. The number of nitrogens with one attached hydrogen (secondary N) is 1. The molecule has 0 bridgehead atoms. The first-order valence-electron chi connectivity index (χ1n) is 8.20. The molecule has 1 aliphatic heterocycles. The van der Waals surface area contributed by atoms with Gasteiger partial charge in [0, 0.05) is 25.3 Å². The molecule has 6 nitrogen and oxygen atoms in total. The Morgan fingerprint density at radius 3 is 2.96 bits per heavy atom. The Labute approximate surface area is 137 Å². The summed E-state index contributed by atoms with van der Waals surface area (Å²) < 4.78 is 5.09. The van der Waals surface area contributed by atoms with Gasteiger partial charge in [0.05, 0.1) is 18.1 Å². The number of pyridine rings is 1. The molecule has 1 fully saturated rings. The summed E-state index contributed by atoms with van der Waals surface area (Å²) in [5.74, 6) is 0.0588. The van der Waals surface area contributed by atoms with E-state index in [1.54, 1.807) is 30.2 Å². The predicted octanol–water partition coefficient (Wildman–Crippen LogP) is 2.32. The molecular weight excluding hydrogens is 294 g/mol. The van der Waals surface area contributed by atoms with Crippen LogP contribution in [-0.2, 0) is 9.53 Å². The average molecular weight is 319 g/mol. The van der Waals surface area contributed by atoms with E-state index in [9.17, 15) is 9.59 Å². The van der Waals surface area contributed by atoms with Gasteiger partial charge in [-0.05, 0) is 45.7 Å². The molecule has 1 N–H and O–H groups in total. The lowest BCUT2D eigenvalue weighted by molar-refractivity contribution is -0.149. The Kier molecular flexibility index (Phi) is 5.96. The fourth-order valence-electron chi connectivity index (χ4n) is 2.75.